The molecule has 0 aliphatic carbocycles. The van der Waals surface area contributed by atoms with Crippen LogP contribution in [-0.2, 0) is 9.53 Å². The van der Waals surface area contributed by atoms with Crippen molar-refractivity contribution < 1.29 is 23.5 Å². The Kier molecular flexibility index (Phi) is 5.48. The summed E-state index contributed by atoms with van der Waals surface area (Å²) in [7, 11) is 0. The molecule has 1 heterocycles. The molecule has 1 aromatic heterocycles. The van der Waals surface area contributed by atoms with Crippen molar-refractivity contribution in [1.82, 2.24) is 0 Å². The van der Waals surface area contributed by atoms with E-state index in [9.17, 15) is 14.0 Å². The monoisotopic (exact) mass is 323 g/mol. The van der Waals surface area contributed by atoms with Crippen LogP contribution >= 0.6 is 11.3 Å². The highest BCUT2D eigenvalue weighted by atomic mass is 32.1. The van der Waals surface area contributed by atoms with Crippen molar-refractivity contribution in [3.05, 3.63) is 47.1 Å². The van der Waals surface area contributed by atoms with Crippen LogP contribution in [0.1, 0.15) is 17.3 Å². The molecule has 0 spiro atoms. The SMILES string of the molecule is CCOC(=O)c1ccsc1NC(=O)COc1ccc(F)cc1. The summed E-state index contributed by atoms with van der Waals surface area (Å²) < 4.78 is 22.9. The summed E-state index contributed by atoms with van der Waals surface area (Å²) in [6.45, 7) is 1.72. The molecule has 5 nitrogen and oxygen atoms in total. The Labute approximate surface area is 130 Å². The molecule has 2 aromatic rings. The molecular formula is C15H14FNO4S. The first kappa shape index (κ1) is 16.0. The van der Waals surface area contributed by atoms with Gasteiger partial charge in [-0.1, -0.05) is 0 Å². The number of hydrogen-bond donors (Lipinski definition) is 1. The maximum absolute atomic E-state index is 12.7. The highest BCUT2D eigenvalue weighted by Gasteiger charge is 2.16. The van der Waals surface area contributed by atoms with Gasteiger partial charge in [0.15, 0.2) is 6.61 Å². The standard InChI is InChI=1S/C15H14FNO4S/c1-2-20-15(19)12-7-8-22-14(12)17-13(18)9-21-11-5-3-10(16)4-6-11/h3-8H,2,9H2,1H3,(H,17,18). The van der Waals surface area contributed by atoms with E-state index in [1.54, 1.807) is 18.4 Å². The summed E-state index contributed by atoms with van der Waals surface area (Å²) in [5, 5.41) is 4.68. The molecule has 0 fully saturated rings. The molecule has 22 heavy (non-hydrogen) atoms. The lowest BCUT2D eigenvalue weighted by molar-refractivity contribution is -0.118. The quantitative estimate of drug-likeness (QED) is 0.830. The predicted octanol–water partition coefficient (Wildman–Crippen LogP) is 3.08. The van der Waals surface area contributed by atoms with Gasteiger partial charge >= 0.3 is 5.97 Å². The second-order valence-corrected chi connectivity index (χ2v) is 5.09. The average molecular weight is 323 g/mol. The van der Waals surface area contributed by atoms with Gasteiger partial charge in [0.25, 0.3) is 5.91 Å². The Morgan fingerprint density at radius 1 is 1.23 bits per heavy atom. The van der Waals surface area contributed by atoms with Crippen molar-refractivity contribution in [2.24, 2.45) is 0 Å². The zero-order valence-corrected chi connectivity index (χ0v) is 12.6. The third-order valence-electron chi connectivity index (χ3n) is 2.60. The van der Waals surface area contributed by atoms with E-state index < -0.39 is 11.9 Å². The van der Waals surface area contributed by atoms with Crippen LogP contribution in [0, 0.1) is 5.82 Å². The van der Waals surface area contributed by atoms with Gasteiger partial charge in [-0.05, 0) is 42.6 Å². The Morgan fingerprint density at radius 2 is 1.95 bits per heavy atom. The van der Waals surface area contributed by atoms with Crippen molar-refractivity contribution in [3.63, 3.8) is 0 Å². The first-order valence-electron chi connectivity index (χ1n) is 6.53. The summed E-state index contributed by atoms with van der Waals surface area (Å²) in [6, 6.07) is 6.92. The van der Waals surface area contributed by atoms with Gasteiger partial charge in [-0.2, -0.15) is 0 Å². The zero-order chi connectivity index (χ0) is 15.9. The highest BCUT2D eigenvalue weighted by Crippen LogP contribution is 2.24. The highest BCUT2D eigenvalue weighted by molar-refractivity contribution is 7.14. The summed E-state index contributed by atoms with van der Waals surface area (Å²) in [5.41, 5.74) is 0.307. The molecule has 0 saturated heterocycles. The molecule has 1 amide bonds. The Hall–Kier alpha value is -2.41. The summed E-state index contributed by atoms with van der Waals surface area (Å²) in [5.74, 6) is -0.904. The number of carbonyl (C=O) groups excluding carboxylic acids is 2. The van der Waals surface area contributed by atoms with Crippen LogP contribution in [0.3, 0.4) is 0 Å². The number of benzene rings is 1. The maximum atomic E-state index is 12.7. The van der Waals surface area contributed by atoms with E-state index in [1.165, 1.54) is 35.6 Å². The number of amides is 1. The topological polar surface area (TPSA) is 64.6 Å². The van der Waals surface area contributed by atoms with E-state index >= 15 is 0 Å². The van der Waals surface area contributed by atoms with Gasteiger partial charge in [0, 0.05) is 0 Å². The van der Waals surface area contributed by atoms with Crippen LogP contribution in [0.15, 0.2) is 35.7 Å². The summed E-state index contributed by atoms with van der Waals surface area (Å²) in [6.07, 6.45) is 0. The number of esters is 1. The van der Waals surface area contributed by atoms with Crippen LogP contribution < -0.4 is 10.1 Å². The van der Waals surface area contributed by atoms with Gasteiger partial charge in [-0.15, -0.1) is 11.3 Å². The van der Waals surface area contributed by atoms with E-state index in [2.05, 4.69) is 5.32 Å². The summed E-state index contributed by atoms with van der Waals surface area (Å²) in [4.78, 5) is 23.5. The molecule has 1 aromatic carbocycles. The Bertz CT molecular complexity index is 654. The number of ether oxygens (including phenoxy) is 2. The largest absolute Gasteiger partial charge is 0.484 e. The van der Waals surface area contributed by atoms with Crippen molar-refractivity contribution in [3.8, 4) is 5.75 Å². The fourth-order valence-corrected chi connectivity index (χ4v) is 2.41. The minimum atomic E-state index is -0.487. The van der Waals surface area contributed by atoms with Crippen molar-refractivity contribution >= 4 is 28.2 Å². The lowest BCUT2D eigenvalue weighted by Gasteiger charge is -2.08. The molecule has 0 aliphatic heterocycles. The second kappa shape index (κ2) is 7.56. The smallest absolute Gasteiger partial charge is 0.341 e. The third-order valence-corrected chi connectivity index (χ3v) is 3.43. The lowest BCUT2D eigenvalue weighted by atomic mass is 10.3. The Balaban J connectivity index is 1.91. The van der Waals surface area contributed by atoms with Crippen LogP contribution in [0.4, 0.5) is 9.39 Å². The molecule has 1 N–H and O–H groups in total. The van der Waals surface area contributed by atoms with E-state index in [-0.39, 0.29) is 19.0 Å². The molecule has 0 atom stereocenters. The molecule has 116 valence electrons. The van der Waals surface area contributed by atoms with Crippen molar-refractivity contribution in [2.45, 2.75) is 6.92 Å². The van der Waals surface area contributed by atoms with E-state index in [4.69, 9.17) is 9.47 Å². The van der Waals surface area contributed by atoms with E-state index in [0.717, 1.165) is 0 Å². The first-order chi connectivity index (χ1) is 10.6. The molecule has 0 saturated carbocycles. The number of rotatable bonds is 6. The minimum Gasteiger partial charge on any atom is -0.484 e. The van der Waals surface area contributed by atoms with Gasteiger partial charge in [-0.3, -0.25) is 4.79 Å². The lowest BCUT2D eigenvalue weighted by Crippen LogP contribution is -2.21. The molecule has 0 unspecified atom stereocenters. The number of nitrogens with one attached hydrogen (secondary N) is 1. The fraction of sp³-hybridized carbons (Fsp3) is 0.200. The number of thiophene rings is 1. The van der Waals surface area contributed by atoms with Gasteiger partial charge in [0.2, 0.25) is 0 Å². The Morgan fingerprint density at radius 3 is 2.64 bits per heavy atom. The molecule has 7 heteroatoms. The van der Waals surface area contributed by atoms with Gasteiger partial charge in [0.1, 0.15) is 16.6 Å². The predicted molar refractivity (Wildman–Crippen MR) is 80.8 cm³/mol. The van der Waals surface area contributed by atoms with E-state index in [0.29, 0.717) is 16.3 Å². The number of carbonyl (C=O) groups is 2. The van der Waals surface area contributed by atoms with E-state index in [1.807, 2.05) is 0 Å². The second-order valence-electron chi connectivity index (χ2n) is 4.17. The zero-order valence-electron chi connectivity index (χ0n) is 11.8. The number of hydrogen-bond acceptors (Lipinski definition) is 5. The fourth-order valence-electron chi connectivity index (χ4n) is 1.62. The van der Waals surface area contributed by atoms with Gasteiger partial charge < -0.3 is 14.8 Å². The van der Waals surface area contributed by atoms with Crippen LogP contribution in [0.5, 0.6) is 5.75 Å². The molecule has 0 bridgehead atoms. The molecule has 0 aliphatic rings. The van der Waals surface area contributed by atoms with Crippen LogP contribution in [-0.4, -0.2) is 25.1 Å². The average Bonchev–Trinajstić information content (AvgIpc) is 2.95. The van der Waals surface area contributed by atoms with Gasteiger partial charge in [0.05, 0.1) is 12.2 Å². The molecule has 0 radical (unpaired) electrons. The summed E-state index contributed by atoms with van der Waals surface area (Å²) >= 11 is 1.22. The van der Waals surface area contributed by atoms with Gasteiger partial charge in [-0.25, -0.2) is 9.18 Å². The third kappa shape index (κ3) is 4.29. The van der Waals surface area contributed by atoms with Crippen molar-refractivity contribution in [1.29, 1.82) is 0 Å². The molecule has 2 rings (SSSR count). The maximum Gasteiger partial charge on any atom is 0.341 e. The number of anilines is 1. The van der Waals surface area contributed by atoms with Crippen LogP contribution in [0.2, 0.25) is 0 Å². The number of halogens is 1. The molecular weight excluding hydrogens is 309 g/mol. The first-order valence-corrected chi connectivity index (χ1v) is 7.41. The van der Waals surface area contributed by atoms with Crippen molar-refractivity contribution in [2.75, 3.05) is 18.5 Å². The van der Waals surface area contributed by atoms with Crippen LogP contribution in [0.25, 0.3) is 0 Å². The minimum absolute atomic E-state index is 0.244. The normalized spacial score (nSPS) is 10.1.